The highest BCUT2D eigenvalue weighted by atomic mass is 127. The van der Waals surface area contributed by atoms with Gasteiger partial charge in [-0.25, -0.2) is 0 Å². The molecule has 1 saturated heterocycles. The van der Waals surface area contributed by atoms with Gasteiger partial charge in [0.2, 0.25) is 0 Å². The Morgan fingerprint density at radius 1 is 1.27 bits per heavy atom. The molecular formula is C19H37IN6. The Balaban J connectivity index is 0.00000338. The molecule has 1 aliphatic rings. The molecule has 0 amide bonds. The lowest BCUT2D eigenvalue weighted by atomic mass is 10.1. The van der Waals surface area contributed by atoms with Crippen LogP contribution in [-0.2, 0) is 26.4 Å². The van der Waals surface area contributed by atoms with Gasteiger partial charge in [-0.2, -0.15) is 5.10 Å². The van der Waals surface area contributed by atoms with Crippen LogP contribution in [0.3, 0.4) is 0 Å². The second kappa shape index (κ2) is 10.5. The van der Waals surface area contributed by atoms with Crippen molar-refractivity contribution in [1.29, 1.82) is 0 Å². The zero-order valence-electron chi connectivity index (χ0n) is 17.5. The molecule has 2 heterocycles. The summed E-state index contributed by atoms with van der Waals surface area (Å²) in [5.41, 5.74) is 3.81. The zero-order chi connectivity index (χ0) is 18.6. The Morgan fingerprint density at radius 3 is 2.46 bits per heavy atom. The SMILES string of the molecule is CCc1nn(C)c(CC)c1CNC(=NC)NC1CN(C(C)C)CC1C.I. The molecule has 1 aromatic rings. The molecule has 0 bridgehead atoms. The Labute approximate surface area is 176 Å². The first-order valence-corrected chi connectivity index (χ1v) is 9.65. The molecule has 2 N–H and O–H groups in total. The van der Waals surface area contributed by atoms with Crippen molar-refractivity contribution < 1.29 is 0 Å². The van der Waals surface area contributed by atoms with E-state index in [4.69, 9.17) is 0 Å². The largest absolute Gasteiger partial charge is 0.352 e. The molecule has 0 aliphatic carbocycles. The summed E-state index contributed by atoms with van der Waals surface area (Å²) in [6.45, 7) is 14.2. The number of aromatic nitrogens is 2. The highest BCUT2D eigenvalue weighted by molar-refractivity contribution is 14.0. The fourth-order valence-corrected chi connectivity index (χ4v) is 3.75. The zero-order valence-corrected chi connectivity index (χ0v) is 19.8. The van der Waals surface area contributed by atoms with Gasteiger partial charge < -0.3 is 10.6 Å². The van der Waals surface area contributed by atoms with Crippen LogP contribution in [0.15, 0.2) is 4.99 Å². The van der Waals surface area contributed by atoms with Crippen LogP contribution in [0.1, 0.15) is 51.6 Å². The van der Waals surface area contributed by atoms with E-state index in [2.05, 4.69) is 60.2 Å². The van der Waals surface area contributed by atoms with Crippen molar-refractivity contribution in [2.45, 2.75) is 66.1 Å². The van der Waals surface area contributed by atoms with Crippen LogP contribution in [0.25, 0.3) is 0 Å². The molecule has 6 nitrogen and oxygen atoms in total. The average Bonchev–Trinajstić information content (AvgIpc) is 3.10. The van der Waals surface area contributed by atoms with Crippen LogP contribution in [-0.4, -0.2) is 52.9 Å². The number of likely N-dealkylation sites (tertiary alicyclic amines) is 1. The number of rotatable bonds is 6. The number of aliphatic imine (C=N–C) groups is 1. The lowest BCUT2D eigenvalue weighted by Gasteiger charge is -2.22. The second-order valence-corrected chi connectivity index (χ2v) is 7.40. The van der Waals surface area contributed by atoms with E-state index >= 15 is 0 Å². The average molecular weight is 476 g/mol. The maximum absolute atomic E-state index is 4.66. The van der Waals surface area contributed by atoms with Gasteiger partial charge in [-0.15, -0.1) is 24.0 Å². The van der Waals surface area contributed by atoms with Crippen LogP contribution >= 0.6 is 24.0 Å². The van der Waals surface area contributed by atoms with Crippen LogP contribution in [0, 0.1) is 5.92 Å². The van der Waals surface area contributed by atoms with E-state index in [1.807, 2.05) is 18.8 Å². The van der Waals surface area contributed by atoms with E-state index in [9.17, 15) is 0 Å². The number of hydrogen-bond acceptors (Lipinski definition) is 3. The third-order valence-corrected chi connectivity index (χ3v) is 5.38. The molecule has 26 heavy (non-hydrogen) atoms. The summed E-state index contributed by atoms with van der Waals surface area (Å²) in [6, 6.07) is 1.04. The number of nitrogens with one attached hydrogen (secondary N) is 2. The molecular weight excluding hydrogens is 439 g/mol. The monoisotopic (exact) mass is 476 g/mol. The van der Waals surface area contributed by atoms with Crippen LogP contribution in [0.2, 0.25) is 0 Å². The summed E-state index contributed by atoms with van der Waals surface area (Å²) in [6.07, 6.45) is 1.95. The third kappa shape index (κ3) is 5.34. The van der Waals surface area contributed by atoms with E-state index in [1.165, 1.54) is 17.0 Å². The summed E-state index contributed by atoms with van der Waals surface area (Å²) in [5.74, 6) is 1.51. The fraction of sp³-hybridized carbons (Fsp3) is 0.789. The predicted octanol–water partition coefficient (Wildman–Crippen LogP) is 2.56. The topological polar surface area (TPSA) is 57.5 Å². The lowest BCUT2D eigenvalue weighted by Crippen LogP contribution is -2.46. The van der Waals surface area contributed by atoms with Crippen molar-refractivity contribution in [1.82, 2.24) is 25.3 Å². The molecule has 0 aromatic carbocycles. The van der Waals surface area contributed by atoms with Gasteiger partial charge in [0.15, 0.2) is 5.96 Å². The summed E-state index contributed by atoms with van der Waals surface area (Å²) >= 11 is 0. The number of halogens is 1. The van der Waals surface area contributed by atoms with E-state index in [1.54, 1.807) is 0 Å². The molecule has 7 heteroatoms. The minimum Gasteiger partial charge on any atom is -0.352 e. The molecule has 2 unspecified atom stereocenters. The number of aryl methyl sites for hydroxylation is 2. The van der Waals surface area contributed by atoms with Gasteiger partial charge in [-0.1, -0.05) is 20.8 Å². The Morgan fingerprint density at radius 2 is 1.96 bits per heavy atom. The molecule has 2 atom stereocenters. The van der Waals surface area contributed by atoms with Gasteiger partial charge in [-0.3, -0.25) is 14.6 Å². The van der Waals surface area contributed by atoms with Gasteiger partial charge in [0, 0.05) is 57.1 Å². The smallest absolute Gasteiger partial charge is 0.191 e. The first-order chi connectivity index (χ1) is 11.9. The Bertz CT molecular complexity index is 595. The van der Waals surface area contributed by atoms with Crippen LogP contribution < -0.4 is 10.6 Å². The fourth-order valence-electron chi connectivity index (χ4n) is 3.75. The minimum absolute atomic E-state index is 0. The molecule has 0 radical (unpaired) electrons. The van der Waals surface area contributed by atoms with Crippen molar-refractivity contribution in [2.75, 3.05) is 20.1 Å². The summed E-state index contributed by atoms with van der Waals surface area (Å²) in [4.78, 5) is 6.97. The molecule has 1 aromatic heterocycles. The van der Waals surface area contributed by atoms with Gasteiger partial charge >= 0.3 is 0 Å². The van der Waals surface area contributed by atoms with Gasteiger partial charge in [0.05, 0.1) is 5.69 Å². The number of guanidine groups is 1. The lowest BCUT2D eigenvalue weighted by molar-refractivity contribution is 0.265. The Kier molecular flexibility index (Phi) is 9.36. The van der Waals surface area contributed by atoms with Crippen LogP contribution in [0.5, 0.6) is 0 Å². The quantitative estimate of drug-likeness (QED) is 0.377. The van der Waals surface area contributed by atoms with Crippen LogP contribution in [0.4, 0.5) is 0 Å². The van der Waals surface area contributed by atoms with Gasteiger partial charge in [0.25, 0.3) is 0 Å². The minimum atomic E-state index is 0. The molecule has 150 valence electrons. The highest BCUT2D eigenvalue weighted by Crippen LogP contribution is 2.19. The van der Waals surface area contributed by atoms with E-state index in [0.29, 0.717) is 18.0 Å². The molecule has 1 aliphatic heterocycles. The maximum atomic E-state index is 4.66. The van der Waals surface area contributed by atoms with Gasteiger partial charge in [0.1, 0.15) is 0 Å². The van der Waals surface area contributed by atoms with Crippen molar-refractivity contribution in [2.24, 2.45) is 18.0 Å². The first kappa shape index (κ1) is 23.2. The predicted molar refractivity (Wildman–Crippen MR) is 120 cm³/mol. The second-order valence-electron chi connectivity index (χ2n) is 7.40. The van der Waals surface area contributed by atoms with Gasteiger partial charge in [-0.05, 0) is 32.6 Å². The van der Waals surface area contributed by atoms with Crippen molar-refractivity contribution in [3.63, 3.8) is 0 Å². The Hall–Kier alpha value is -0.830. The molecule has 1 fully saturated rings. The summed E-state index contributed by atoms with van der Waals surface area (Å²) in [7, 11) is 3.88. The van der Waals surface area contributed by atoms with E-state index in [0.717, 1.165) is 38.4 Å². The summed E-state index contributed by atoms with van der Waals surface area (Å²) in [5, 5.41) is 11.8. The number of nitrogens with zero attached hydrogens (tertiary/aromatic N) is 4. The maximum Gasteiger partial charge on any atom is 0.191 e. The third-order valence-electron chi connectivity index (χ3n) is 5.38. The number of hydrogen-bond donors (Lipinski definition) is 2. The van der Waals surface area contributed by atoms with E-state index < -0.39 is 0 Å². The van der Waals surface area contributed by atoms with Crippen molar-refractivity contribution >= 4 is 29.9 Å². The van der Waals surface area contributed by atoms with Crippen molar-refractivity contribution in [3.05, 3.63) is 17.0 Å². The van der Waals surface area contributed by atoms with E-state index in [-0.39, 0.29) is 24.0 Å². The highest BCUT2D eigenvalue weighted by Gasteiger charge is 2.31. The molecule has 0 saturated carbocycles. The molecule has 2 rings (SSSR count). The molecule has 0 spiro atoms. The van der Waals surface area contributed by atoms with Crippen molar-refractivity contribution in [3.8, 4) is 0 Å². The normalized spacial score (nSPS) is 21.2. The first-order valence-electron chi connectivity index (χ1n) is 9.65. The summed E-state index contributed by atoms with van der Waals surface area (Å²) < 4.78 is 2.02. The standard InChI is InChI=1S/C19H36N6.HI/c1-8-16-15(18(9-2)24(7)23-16)10-21-19(20-6)22-17-12-25(13(3)4)11-14(17)5;/h13-14,17H,8-12H2,1-7H3,(H2,20,21,22);1H.